The van der Waals surface area contributed by atoms with Crippen LogP contribution >= 0.6 is 0 Å². The Morgan fingerprint density at radius 2 is 1.77 bits per heavy atom. The van der Waals surface area contributed by atoms with E-state index in [1.807, 2.05) is 24.5 Å². The van der Waals surface area contributed by atoms with Crippen LogP contribution in [0.25, 0.3) is 0 Å². The molecule has 2 aromatic rings. The number of nitrogens with zero attached hydrogens (tertiary/aromatic N) is 3. The lowest BCUT2D eigenvalue weighted by Gasteiger charge is -2.40. The van der Waals surface area contributed by atoms with Gasteiger partial charge in [-0.25, -0.2) is 4.39 Å². The van der Waals surface area contributed by atoms with E-state index in [-0.39, 0.29) is 11.9 Å². The van der Waals surface area contributed by atoms with E-state index in [2.05, 4.69) is 14.7 Å². The molecule has 2 saturated heterocycles. The summed E-state index contributed by atoms with van der Waals surface area (Å²) in [5.74, 6) is -0.179. The summed E-state index contributed by atoms with van der Waals surface area (Å²) in [6.07, 6.45) is 3.81. The van der Waals surface area contributed by atoms with Crippen LogP contribution in [-0.4, -0.2) is 68.3 Å². The van der Waals surface area contributed by atoms with E-state index in [4.69, 9.17) is 9.15 Å². The molecule has 0 N–H and O–H groups in total. The lowest BCUT2D eigenvalue weighted by atomic mass is 10.2. The van der Waals surface area contributed by atoms with Crippen molar-refractivity contribution in [3.63, 3.8) is 0 Å². The molecule has 0 saturated carbocycles. The van der Waals surface area contributed by atoms with Gasteiger partial charge in [0.05, 0.1) is 25.2 Å². The van der Waals surface area contributed by atoms with Gasteiger partial charge in [0.25, 0.3) is 0 Å². The molecule has 1 atom stereocenters. The minimum Gasteiger partial charge on any atom is -0.472 e. The minimum absolute atomic E-state index is 0.179. The Balaban J connectivity index is 1.24. The number of hydrogen-bond acceptors (Lipinski definition) is 5. The van der Waals surface area contributed by atoms with Gasteiger partial charge in [0, 0.05) is 63.6 Å². The van der Waals surface area contributed by atoms with Crippen LogP contribution in [0.4, 0.5) is 10.1 Å². The van der Waals surface area contributed by atoms with E-state index < -0.39 is 0 Å². The van der Waals surface area contributed by atoms with Gasteiger partial charge in [-0.05, 0) is 30.3 Å². The molecular formula is C20H26FN3O2. The fourth-order valence-corrected chi connectivity index (χ4v) is 3.80. The molecule has 6 heteroatoms. The maximum absolute atomic E-state index is 13.1. The SMILES string of the molecule is Fc1ccc(N2CCN(CC3CN(Cc4ccoc4)CCO3)CC2)cc1. The normalized spacial score (nSPS) is 22.7. The third-order valence-corrected chi connectivity index (χ3v) is 5.24. The molecule has 1 unspecified atom stereocenters. The van der Waals surface area contributed by atoms with Gasteiger partial charge in [0.1, 0.15) is 5.82 Å². The number of ether oxygens (including phenoxy) is 1. The second-order valence-corrected chi connectivity index (χ2v) is 7.12. The fraction of sp³-hybridized carbons (Fsp3) is 0.500. The number of benzene rings is 1. The Morgan fingerprint density at radius 1 is 0.962 bits per heavy atom. The van der Waals surface area contributed by atoms with Crippen molar-refractivity contribution in [2.75, 3.05) is 57.3 Å². The van der Waals surface area contributed by atoms with Crippen molar-refractivity contribution >= 4 is 5.69 Å². The number of furan rings is 1. The standard InChI is InChI=1S/C20H26FN3O2/c21-18-1-3-19(4-2-18)24-8-6-22(7-9-24)14-20-15-23(10-12-26-20)13-17-5-11-25-16-17/h1-5,11,16,20H,6-10,12-15H2. The summed E-state index contributed by atoms with van der Waals surface area (Å²) in [5.41, 5.74) is 2.32. The summed E-state index contributed by atoms with van der Waals surface area (Å²) in [5, 5.41) is 0. The fourth-order valence-electron chi connectivity index (χ4n) is 3.80. The van der Waals surface area contributed by atoms with Gasteiger partial charge in [-0.2, -0.15) is 0 Å². The number of morpholine rings is 1. The second kappa shape index (κ2) is 8.20. The first-order chi connectivity index (χ1) is 12.8. The molecule has 1 aromatic heterocycles. The number of piperazine rings is 1. The van der Waals surface area contributed by atoms with Crippen LogP contribution < -0.4 is 4.90 Å². The quantitative estimate of drug-likeness (QED) is 0.819. The number of rotatable bonds is 5. The Bertz CT molecular complexity index is 669. The van der Waals surface area contributed by atoms with Crippen molar-refractivity contribution < 1.29 is 13.5 Å². The van der Waals surface area contributed by atoms with Crippen molar-refractivity contribution in [1.82, 2.24) is 9.80 Å². The molecular weight excluding hydrogens is 333 g/mol. The van der Waals surface area contributed by atoms with Gasteiger partial charge in [-0.15, -0.1) is 0 Å². The highest BCUT2D eigenvalue weighted by atomic mass is 19.1. The highest BCUT2D eigenvalue weighted by molar-refractivity contribution is 5.46. The lowest BCUT2D eigenvalue weighted by Crippen LogP contribution is -2.52. The number of halogens is 1. The van der Waals surface area contributed by atoms with Gasteiger partial charge in [-0.3, -0.25) is 9.80 Å². The zero-order chi connectivity index (χ0) is 17.8. The first-order valence-electron chi connectivity index (χ1n) is 9.34. The third-order valence-electron chi connectivity index (χ3n) is 5.24. The van der Waals surface area contributed by atoms with Gasteiger partial charge in [0.2, 0.25) is 0 Å². The van der Waals surface area contributed by atoms with E-state index in [0.29, 0.717) is 0 Å². The topological polar surface area (TPSA) is 32.1 Å². The van der Waals surface area contributed by atoms with Crippen LogP contribution in [0.3, 0.4) is 0 Å². The summed E-state index contributed by atoms with van der Waals surface area (Å²) >= 11 is 0. The molecule has 0 radical (unpaired) electrons. The van der Waals surface area contributed by atoms with Crippen molar-refractivity contribution in [2.24, 2.45) is 0 Å². The molecule has 2 aliphatic heterocycles. The predicted molar refractivity (Wildman–Crippen MR) is 98.8 cm³/mol. The van der Waals surface area contributed by atoms with Crippen LogP contribution in [-0.2, 0) is 11.3 Å². The third kappa shape index (κ3) is 4.44. The van der Waals surface area contributed by atoms with Gasteiger partial charge >= 0.3 is 0 Å². The first-order valence-corrected chi connectivity index (χ1v) is 9.34. The predicted octanol–water partition coefficient (Wildman–Crippen LogP) is 2.44. The Hall–Kier alpha value is -1.89. The first kappa shape index (κ1) is 17.5. The van der Waals surface area contributed by atoms with Crippen LogP contribution in [0.2, 0.25) is 0 Å². The molecule has 3 heterocycles. The van der Waals surface area contributed by atoms with Crippen molar-refractivity contribution in [3.05, 3.63) is 54.2 Å². The summed E-state index contributed by atoms with van der Waals surface area (Å²) < 4.78 is 24.2. The van der Waals surface area contributed by atoms with Crippen LogP contribution in [0.15, 0.2) is 47.3 Å². The molecule has 5 nitrogen and oxygen atoms in total. The van der Waals surface area contributed by atoms with E-state index in [1.165, 1.54) is 17.7 Å². The van der Waals surface area contributed by atoms with Gasteiger partial charge < -0.3 is 14.1 Å². The van der Waals surface area contributed by atoms with Crippen molar-refractivity contribution in [2.45, 2.75) is 12.6 Å². The molecule has 26 heavy (non-hydrogen) atoms. The second-order valence-electron chi connectivity index (χ2n) is 7.12. The number of anilines is 1. The lowest BCUT2D eigenvalue weighted by molar-refractivity contribution is -0.0464. The summed E-state index contributed by atoms with van der Waals surface area (Å²) in [6, 6.07) is 8.82. The Labute approximate surface area is 153 Å². The highest BCUT2D eigenvalue weighted by Gasteiger charge is 2.25. The van der Waals surface area contributed by atoms with Crippen LogP contribution in [0, 0.1) is 5.82 Å². The van der Waals surface area contributed by atoms with Crippen molar-refractivity contribution in [1.29, 1.82) is 0 Å². The molecule has 4 rings (SSSR count). The number of hydrogen-bond donors (Lipinski definition) is 0. The molecule has 2 fully saturated rings. The average Bonchev–Trinajstić information content (AvgIpc) is 3.16. The van der Waals surface area contributed by atoms with Crippen molar-refractivity contribution in [3.8, 4) is 0 Å². The maximum atomic E-state index is 13.1. The molecule has 0 bridgehead atoms. The largest absolute Gasteiger partial charge is 0.472 e. The minimum atomic E-state index is -0.179. The molecule has 2 aliphatic rings. The molecule has 1 aromatic carbocycles. The monoisotopic (exact) mass is 359 g/mol. The summed E-state index contributed by atoms with van der Waals surface area (Å²) in [7, 11) is 0. The van der Waals surface area contributed by atoms with E-state index >= 15 is 0 Å². The molecule has 0 spiro atoms. The van der Waals surface area contributed by atoms with E-state index in [0.717, 1.165) is 64.7 Å². The van der Waals surface area contributed by atoms with Gasteiger partial charge in [-0.1, -0.05) is 0 Å². The zero-order valence-electron chi connectivity index (χ0n) is 15.0. The maximum Gasteiger partial charge on any atom is 0.123 e. The smallest absolute Gasteiger partial charge is 0.123 e. The highest BCUT2D eigenvalue weighted by Crippen LogP contribution is 2.18. The van der Waals surface area contributed by atoms with E-state index in [1.54, 1.807) is 6.26 Å². The van der Waals surface area contributed by atoms with Crippen LogP contribution in [0.5, 0.6) is 0 Å². The zero-order valence-corrected chi connectivity index (χ0v) is 15.0. The molecule has 0 aliphatic carbocycles. The molecule has 140 valence electrons. The summed E-state index contributed by atoms with van der Waals surface area (Å²) in [6.45, 7) is 8.58. The van der Waals surface area contributed by atoms with E-state index in [9.17, 15) is 4.39 Å². The Kier molecular flexibility index (Phi) is 5.53. The average molecular weight is 359 g/mol. The van der Waals surface area contributed by atoms with Gasteiger partial charge in [0.15, 0.2) is 0 Å². The summed E-state index contributed by atoms with van der Waals surface area (Å²) in [4.78, 5) is 7.24. The molecule has 0 amide bonds. The van der Waals surface area contributed by atoms with Crippen LogP contribution in [0.1, 0.15) is 5.56 Å². The Morgan fingerprint density at radius 3 is 2.50 bits per heavy atom.